The number of rotatable bonds is 5. The third-order valence-corrected chi connectivity index (χ3v) is 3.21. The Kier molecular flexibility index (Phi) is 4.00. The fourth-order valence-electron chi connectivity index (χ4n) is 2.34. The summed E-state index contributed by atoms with van der Waals surface area (Å²) in [6, 6.07) is 5.34. The van der Waals surface area contributed by atoms with Crippen LogP contribution in [-0.2, 0) is 6.42 Å². The lowest BCUT2D eigenvalue weighted by molar-refractivity contribution is 0.101. The number of ketones is 1. The predicted octanol–water partition coefficient (Wildman–Crippen LogP) is 4.18. The number of fused-ring (bicyclic) bond motifs is 1. The van der Waals surface area contributed by atoms with Crippen LogP contribution in [0.2, 0.25) is 0 Å². The van der Waals surface area contributed by atoms with Gasteiger partial charge in [-0.3, -0.25) is 9.78 Å². The summed E-state index contributed by atoms with van der Waals surface area (Å²) in [5.41, 5.74) is 2.30. The first-order chi connectivity index (χ1) is 9.19. The molecular weight excluding hydrogens is 240 g/mol. The van der Waals surface area contributed by atoms with Crippen LogP contribution in [0.1, 0.15) is 42.6 Å². The topological polar surface area (TPSA) is 59.4 Å². The zero-order valence-electron chi connectivity index (χ0n) is 11.1. The summed E-state index contributed by atoms with van der Waals surface area (Å²) >= 11 is 0. The third-order valence-electron chi connectivity index (χ3n) is 3.21. The highest BCUT2D eigenvalue weighted by Crippen LogP contribution is 2.31. The van der Waals surface area contributed by atoms with E-state index in [1.807, 2.05) is 12.1 Å². The maximum absolute atomic E-state index is 11.8. The Morgan fingerprint density at radius 3 is 2.84 bits per heavy atom. The number of carbonyl (C=O) groups excluding carboxylic acids is 1. The maximum atomic E-state index is 11.8. The monoisotopic (exact) mass is 256 g/mol. The summed E-state index contributed by atoms with van der Waals surface area (Å²) in [4.78, 5) is 27.2. The van der Waals surface area contributed by atoms with E-state index in [1.165, 1.54) is 6.92 Å². The van der Waals surface area contributed by atoms with Crippen LogP contribution in [-0.4, -0.2) is 10.8 Å². The average Bonchev–Trinajstić information content (AvgIpc) is 2.43. The van der Waals surface area contributed by atoms with E-state index < -0.39 is 0 Å². The number of unbranched alkanes of at least 4 members (excludes halogenated alkanes) is 1. The number of pyridine rings is 1. The van der Waals surface area contributed by atoms with Gasteiger partial charge in [0, 0.05) is 11.6 Å². The second-order valence-corrected chi connectivity index (χ2v) is 4.58. The number of hydrogen-bond acceptors (Lipinski definition) is 4. The van der Waals surface area contributed by atoms with Crippen LogP contribution in [0.25, 0.3) is 10.9 Å². The minimum atomic E-state index is -0.131. The van der Waals surface area contributed by atoms with Crippen molar-refractivity contribution in [2.24, 2.45) is 5.18 Å². The zero-order valence-corrected chi connectivity index (χ0v) is 11.1. The fraction of sp³-hybridized carbons (Fsp3) is 0.333. The molecule has 0 unspecified atom stereocenters. The lowest BCUT2D eigenvalue weighted by atomic mass is 9.94. The van der Waals surface area contributed by atoms with E-state index in [0.29, 0.717) is 5.56 Å². The van der Waals surface area contributed by atoms with Crippen molar-refractivity contribution in [3.8, 4) is 0 Å². The fourth-order valence-corrected chi connectivity index (χ4v) is 2.34. The van der Waals surface area contributed by atoms with E-state index in [9.17, 15) is 9.70 Å². The van der Waals surface area contributed by atoms with E-state index in [4.69, 9.17) is 0 Å². The van der Waals surface area contributed by atoms with Gasteiger partial charge in [-0.25, -0.2) is 0 Å². The molecule has 98 valence electrons. The van der Waals surface area contributed by atoms with Crippen molar-refractivity contribution in [3.63, 3.8) is 0 Å². The van der Waals surface area contributed by atoms with Gasteiger partial charge in [-0.05, 0) is 42.6 Å². The Hall–Kier alpha value is -2.10. The van der Waals surface area contributed by atoms with Crippen molar-refractivity contribution in [3.05, 3.63) is 40.4 Å². The van der Waals surface area contributed by atoms with Crippen molar-refractivity contribution < 1.29 is 4.79 Å². The summed E-state index contributed by atoms with van der Waals surface area (Å²) in [6.45, 7) is 3.55. The quantitative estimate of drug-likeness (QED) is 0.595. The van der Waals surface area contributed by atoms with Gasteiger partial charge < -0.3 is 0 Å². The molecule has 0 aliphatic heterocycles. The number of carbonyl (C=O) groups is 1. The molecule has 0 saturated heterocycles. The van der Waals surface area contributed by atoms with Crippen LogP contribution in [0, 0.1) is 4.91 Å². The first kappa shape index (κ1) is 13.3. The number of Topliss-reactive ketones (excluding diaryl/α,β-unsaturated/α-hetero) is 1. The van der Waals surface area contributed by atoms with Crippen LogP contribution in [0.3, 0.4) is 0 Å². The molecule has 2 rings (SSSR count). The van der Waals surface area contributed by atoms with Crippen LogP contribution >= 0.6 is 0 Å². The highest BCUT2D eigenvalue weighted by molar-refractivity contribution is 6.05. The van der Waals surface area contributed by atoms with E-state index >= 15 is 0 Å². The van der Waals surface area contributed by atoms with Gasteiger partial charge in [0.15, 0.2) is 5.78 Å². The SMILES string of the molecule is CCCCc1c(C(C)=O)c(N=O)cc2cccnc12. The zero-order chi connectivity index (χ0) is 13.8. The molecule has 1 aromatic heterocycles. The molecule has 0 bridgehead atoms. The molecule has 4 nitrogen and oxygen atoms in total. The molecule has 0 saturated carbocycles. The molecule has 0 N–H and O–H groups in total. The summed E-state index contributed by atoms with van der Waals surface area (Å²) in [7, 11) is 0. The molecule has 0 radical (unpaired) electrons. The van der Waals surface area contributed by atoms with Crippen molar-refractivity contribution in [1.82, 2.24) is 4.98 Å². The van der Waals surface area contributed by atoms with Gasteiger partial charge in [-0.2, -0.15) is 0 Å². The first-order valence-corrected chi connectivity index (χ1v) is 6.44. The van der Waals surface area contributed by atoms with Gasteiger partial charge in [0.2, 0.25) is 0 Å². The van der Waals surface area contributed by atoms with Gasteiger partial charge in [0.05, 0.1) is 11.1 Å². The number of aryl methyl sites for hydroxylation is 1. The van der Waals surface area contributed by atoms with Gasteiger partial charge in [0.1, 0.15) is 5.69 Å². The molecule has 0 aliphatic carbocycles. The molecule has 2 aromatic rings. The first-order valence-electron chi connectivity index (χ1n) is 6.44. The maximum Gasteiger partial charge on any atom is 0.162 e. The smallest absolute Gasteiger partial charge is 0.162 e. The lowest BCUT2D eigenvalue weighted by Crippen LogP contribution is -2.03. The molecule has 0 spiro atoms. The summed E-state index contributed by atoms with van der Waals surface area (Å²) in [5, 5.41) is 3.87. The largest absolute Gasteiger partial charge is 0.294 e. The van der Waals surface area contributed by atoms with E-state index in [0.717, 1.165) is 35.7 Å². The second kappa shape index (κ2) is 5.69. The highest BCUT2D eigenvalue weighted by atomic mass is 16.3. The Balaban J connectivity index is 2.78. The Morgan fingerprint density at radius 2 is 2.21 bits per heavy atom. The minimum Gasteiger partial charge on any atom is -0.294 e. The van der Waals surface area contributed by atoms with Crippen molar-refractivity contribution in [2.45, 2.75) is 33.1 Å². The second-order valence-electron chi connectivity index (χ2n) is 4.58. The van der Waals surface area contributed by atoms with E-state index in [2.05, 4.69) is 17.1 Å². The molecule has 0 aliphatic rings. The van der Waals surface area contributed by atoms with Crippen LogP contribution in [0.5, 0.6) is 0 Å². The standard InChI is InChI=1S/C15H16N2O2/c1-3-4-7-12-14(10(2)18)13(17-19)9-11-6-5-8-16-15(11)12/h5-6,8-9H,3-4,7H2,1-2H3. The molecule has 19 heavy (non-hydrogen) atoms. The van der Waals surface area contributed by atoms with Gasteiger partial charge in [0.25, 0.3) is 0 Å². The van der Waals surface area contributed by atoms with Gasteiger partial charge in [-0.15, -0.1) is 4.91 Å². The Morgan fingerprint density at radius 1 is 1.42 bits per heavy atom. The third kappa shape index (κ3) is 2.52. The minimum absolute atomic E-state index is 0.131. The normalized spacial score (nSPS) is 10.6. The highest BCUT2D eigenvalue weighted by Gasteiger charge is 2.17. The van der Waals surface area contributed by atoms with Crippen molar-refractivity contribution in [1.29, 1.82) is 0 Å². The summed E-state index contributed by atoms with van der Waals surface area (Å²) in [6.07, 6.45) is 4.41. The molecule has 0 amide bonds. The summed E-state index contributed by atoms with van der Waals surface area (Å²) in [5.74, 6) is -0.131. The lowest BCUT2D eigenvalue weighted by Gasteiger charge is -2.11. The molecular formula is C15H16N2O2. The van der Waals surface area contributed by atoms with Crippen LogP contribution in [0.4, 0.5) is 5.69 Å². The number of nitroso groups, excluding NO2 is 1. The number of benzene rings is 1. The van der Waals surface area contributed by atoms with Crippen molar-refractivity contribution in [2.75, 3.05) is 0 Å². The number of hydrogen-bond donors (Lipinski definition) is 0. The number of aromatic nitrogens is 1. The molecule has 0 fully saturated rings. The van der Waals surface area contributed by atoms with Crippen molar-refractivity contribution >= 4 is 22.4 Å². The summed E-state index contributed by atoms with van der Waals surface area (Å²) < 4.78 is 0. The Labute approximate surface area is 111 Å². The van der Waals surface area contributed by atoms with Gasteiger partial charge in [-0.1, -0.05) is 19.4 Å². The average molecular weight is 256 g/mol. The molecule has 1 aromatic carbocycles. The van der Waals surface area contributed by atoms with Crippen LogP contribution in [0.15, 0.2) is 29.6 Å². The van der Waals surface area contributed by atoms with E-state index in [1.54, 1.807) is 12.3 Å². The number of nitrogens with zero attached hydrogens (tertiary/aromatic N) is 2. The van der Waals surface area contributed by atoms with Crippen LogP contribution < -0.4 is 0 Å². The Bertz CT molecular complexity index is 635. The predicted molar refractivity (Wildman–Crippen MR) is 75.8 cm³/mol. The molecule has 0 atom stereocenters. The molecule has 1 heterocycles. The molecule has 4 heteroatoms. The van der Waals surface area contributed by atoms with Gasteiger partial charge >= 0.3 is 0 Å². The van der Waals surface area contributed by atoms with E-state index in [-0.39, 0.29) is 11.5 Å².